The van der Waals surface area contributed by atoms with E-state index in [0.29, 0.717) is 22.5 Å². The van der Waals surface area contributed by atoms with Crippen molar-refractivity contribution < 1.29 is 4.79 Å². The summed E-state index contributed by atoms with van der Waals surface area (Å²) >= 11 is 3.38. The Kier molecular flexibility index (Phi) is 3.34. The van der Waals surface area contributed by atoms with E-state index < -0.39 is 0 Å². The third-order valence-electron chi connectivity index (χ3n) is 3.13. The summed E-state index contributed by atoms with van der Waals surface area (Å²) in [5.74, 6) is -0.128. The molecule has 0 spiro atoms. The van der Waals surface area contributed by atoms with E-state index in [-0.39, 0.29) is 11.7 Å². The number of nitrogens with two attached hydrogens (primary N) is 1. The summed E-state index contributed by atoms with van der Waals surface area (Å²) in [5.41, 5.74) is 8.03. The SMILES string of the molecule is Cc1[nH]nc(N)c1C(=O)Nc1cccc2cc(Br)cnc12. The molecule has 0 bridgehead atoms. The first-order valence-corrected chi connectivity index (χ1v) is 7.01. The lowest BCUT2D eigenvalue weighted by atomic mass is 10.1. The Morgan fingerprint density at radius 1 is 1.43 bits per heavy atom. The minimum atomic E-state index is -0.309. The summed E-state index contributed by atoms with van der Waals surface area (Å²) in [7, 11) is 0. The second-order valence-corrected chi connectivity index (χ2v) is 5.51. The van der Waals surface area contributed by atoms with Crippen LogP contribution >= 0.6 is 15.9 Å². The number of aromatic nitrogens is 3. The number of carbonyl (C=O) groups excluding carboxylic acids is 1. The number of aryl methyl sites for hydroxylation is 1. The van der Waals surface area contributed by atoms with E-state index >= 15 is 0 Å². The summed E-state index contributed by atoms with van der Waals surface area (Å²) in [6, 6.07) is 7.53. The van der Waals surface area contributed by atoms with Gasteiger partial charge in [-0.15, -0.1) is 0 Å². The summed E-state index contributed by atoms with van der Waals surface area (Å²) in [6.07, 6.45) is 1.69. The second kappa shape index (κ2) is 5.17. The minimum Gasteiger partial charge on any atom is -0.382 e. The molecule has 0 saturated carbocycles. The highest BCUT2D eigenvalue weighted by Crippen LogP contribution is 2.25. The Morgan fingerprint density at radius 2 is 2.24 bits per heavy atom. The Bertz CT molecular complexity index is 823. The number of benzene rings is 1. The molecule has 2 heterocycles. The van der Waals surface area contributed by atoms with Crippen LogP contribution in [0.3, 0.4) is 0 Å². The fraction of sp³-hybridized carbons (Fsp3) is 0.0714. The molecule has 0 radical (unpaired) electrons. The molecule has 1 amide bonds. The van der Waals surface area contributed by atoms with Gasteiger partial charge in [0.1, 0.15) is 5.56 Å². The monoisotopic (exact) mass is 345 g/mol. The molecule has 0 fully saturated rings. The maximum atomic E-state index is 12.3. The van der Waals surface area contributed by atoms with Gasteiger partial charge in [-0.05, 0) is 35.0 Å². The van der Waals surface area contributed by atoms with Crippen molar-refractivity contribution in [1.82, 2.24) is 15.2 Å². The minimum absolute atomic E-state index is 0.181. The summed E-state index contributed by atoms with van der Waals surface area (Å²) in [5, 5.41) is 10.3. The van der Waals surface area contributed by atoms with Crippen molar-refractivity contribution in [3.8, 4) is 0 Å². The molecule has 4 N–H and O–H groups in total. The number of hydrogen-bond acceptors (Lipinski definition) is 4. The Hall–Kier alpha value is -2.41. The summed E-state index contributed by atoms with van der Waals surface area (Å²) in [6.45, 7) is 1.75. The van der Waals surface area contributed by atoms with Crippen LogP contribution in [0, 0.1) is 6.92 Å². The number of aromatic amines is 1. The molecule has 1 aromatic carbocycles. The second-order valence-electron chi connectivity index (χ2n) is 4.59. The number of carbonyl (C=O) groups is 1. The smallest absolute Gasteiger partial charge is 0.261 e. The van der Waals surface area contributed by atoms with Gasteiger partial charge in [0, 0.05) is 21.7 Å². The molecular formula is C14H12BrN5O. The number of amides is 1. The molecule has 3 aromatic rings. The largest absolute Gasteiger partial charge is 0.382 e. The maximum Gasteiger partial charge on any atom is 0.261 e. The quantitative estimate of drug-likeness (QED) is 0.665. The van der Waals surface area contributed by atoms with E-state index in [1.54, 1.807) is 19.2 Å². The predicted molar refractivity (Wildman–Crippen MR) is 85.1 cm³/mol. The van der Waals surface area contributed by atoms with Crippen LogP contribution < -0.4 is 11.1 Å². The van der Waals surface area contributed by atoms with Gasteiger partial charge in [-0.1, -0.05) is 12.1 Å². The number of nitrogens with one attached hydrogen (secondary N) is 2. The molecule has 0 aliphatic rings. The first kappa shape index (κ1) is 13.6. The lowest BCUT2D eigenvalue weighted by Gasteiger charge is -2.08. The molecule has 0 atom stereocenters. The maximum absolute atomic E-state index is 12.3. The predicted octanol–water partition coefficient (Wildman–Crippen LogP) is 2.86. The number of nitrogens with zero attached hydrogens (tertiary/aromatic N) is 2. The van der Waals surface area contributed by atoms with Crippen molar-refractivity contribution in [3.05, 3.63) is 46.2 Å². The number of anilines is 2. The van der Waals surface area contributed by atoms with E-state index in [0.717, 1.165) is 9.86 Å². The van der Waals surface area contributed by atoms with Crippen LogP contribution in [0.25, 0.3) is 10.9 Å². The fourth-order valence-electron chi connectivity index (χ4n) is 2.15. The third kappa shape index (κ3) is 2.47. The van der Waals surface area contributed by atoms with Crippen LogP contribution in [0.2, 0.25) is 0 Å². The number of para-hydroxylation sites is 1. The first-order valence-electron chi connectivity index (χ1n) is 6.22. The zero-order valence-electron chi connectivity index (χ0n) is 11.1. The molecule has 21 heavy (non-hydrogen) atoms. The number of halogens is 1. The fourth-order valence-corrected chi connectivity index (χ4v) is 2.50. The van der Waals surface area contributed by atoms with Crippen molar-refractivity contribution in [2.24, 2.45) is 0 Å². The molecule has 0 unspecified atom stereocenters. The van der Waals surface area contributed by atoms with Crippen molar-refractivity contribution in [2.45, 2.75) is 6.92 Å². The zero-order chi connectivity index (χ0) is 15.0. The number of hydrogen-bond donors (Lipinski definition) is 3. The molecule has 6 nitrogen and oxygen atoms in total. The highest BCUT2D eigenvalue weighted by molar-refractivity contribution is 9.10. The summed E-state index contributed by atoms with van der Waals surface area (Å²) in [4.78, 5) is 16.7. The van der Waals surface area contributed by atoms with Crippen LogP contribution in [0.4, 0.5) is 11.5 Å². The standard InChI is InChI=1S/C14H12BrN5O/c1-7-11(13(16)20-19-7)14(21)18-10-4-2-3-8-5-9(15)6-17-12(8)10/h2-6H,1H3,(H,18,21)(H3,16,19,20). The Labute approximate surface area is 128 Å². The number of H-pyrrole nitrogens is 1. The van der Waals surface area contributed by atoms with Gasteiger partial charge in [-0.25, -0.2) is 0 Å². The normalized spacial score (nSPS) is 10.8. The lowest BCUT2D eigenvalue weighted by molar-refractivity contribution is 0.102. The molecule has 0 aliphatic heterocycles. The van der Waals surface area contributed by atoms with Gasteiger partial charge >= 0.3 is 0 Å². The average Bonchev–Trinajstić information content (AvgIpc) is 2.78. The van der Waals surface area contributed by atoms with Gasteiger partial charge in [-0.3, -0.25) is 14.9 Å². The van der Waals surface area contributed by atoms with Crippen LogP contribution in [0.1, 0.15) is 16.1 Å². The number of nitrogen functional groups attached to an aromatic ring is 1. The van der Waals surface area contributed by atoms with Crippen molar-refractivity contribution in [3.63, 3.8) is 0 Å². The highest BCUT2D eigenvalue weighted by Gasteiger charge is 2.17. The number of pyridine rings is 1. The van der Waals surface area contributed by atoms with Crippen molar-refractivity contribution >= 4 is 44.2 Å². The zero-order valence-corrected chi connectivity index (χ0v) is 12.7. The van der Waals surface area contributed by atoms with Gasteiger partial charge < -0.3 is 11.1 Å². The van der Waals surface area contributed by atoms with Crippen LogP contribution in [0.5, 0.6) is 0 Å². The van der Waals surface area contributed by atoms with Gasteiger partial charge in [-0.2, -0.15) is 5.10 Å². The van der Waals surface area contributed by atoms with Gasteiger partial charge in [0.15, 0.2) is 5.82 Å². The average molecular weight is 346 g/mol. The van der Waals surface area contributed by atoms with E-state index in [9.17, 15) is 4.79 Å². The van der Waals surface area contributed by atoms with E-state index in [4.69, 9.17) is 5.73 Å². The molecule has 106 valence electrons. The number of fused-ring (bicyclic) bond motifs is 1. The van der Waals surface area contributed by atoms with Crippen LogP contribution in [-0.2, 0) is 0 Å². The Balaban J connectivity index is 2.01. The van der Waals surface area contributed by atoms with Crippen molar-refractivity contribution in [2.75, 3.05) is 11.1 Å². The molecule has 0 saturated heterocycles. The van der Waals surface area contributed by atoms with Gasteiger partial charge in [0.05, 0.1) is 11.2 Å². The number of rotatable bonds is 2. The molecule has 3 rings (SSSR count). The first-order chi connectivity index (χ1) is 10.1. The summed E-state index contributed by atoms with van der Waals surface area (Å²) < 4.78 is 0.883. The van der Waals surface area contributed by atoms with Crippen molar-refractivity contribution in [1.29, 1.82) is 0 Å². The molecule has 2 aromatic heterocycles. The van der Waals surface area contributed by atoms with E-state index in [1.807, 2.05) is 18.2 Å². The molecule has 0 aliphatic carbocycles. The lowest BCUT2D eigenvalue weighted by Crippen LogP contribution is -2.14. The van der Waals surface area contributed by atoms with Gasteiger partial charge in [0.2, 0.25) is 0 Å². The van der Waals surface area contributed by atoms with E-state index in [2.05, 4.69) is 36.4 Å². The topological polar surface area (TPSA) is 96.7 Å². The molecular weight excluding hydrogens is 334 g/mol. The van der Waals surface area contributed by atoms with E-state index in [1.165, 1.54) is 0 Å². The van der Waals surface area contributed by atoms with Crippen LogP contribution in [0.15, 0.2) is 34.9 Å². The highest BCUT2D eigenvalue weighted by atomic mass is 79.9. The van der Waals surface area contributed by atoms with Gasteiger partial charge in [0.25, 0.3) is 5.91 Å². The van der Waals surface area contributed by atoms with Crippen LogP contribution in [-0.4, -0.2) is 21.1 Å². The third-order valence-corrected chi connectivity index (χ3v) is 3.56. The Morgan fingerprint density at radius 3 is 2.95 bits per heavy atom. The molecule has 7 heteroatoms.